The van der Waals surface area contributed by atoms with Crippen molar-refractivity contribution < 1.29 is 24.9 Å². The lowest BCUT2D eigenvalue weighted by molar-refractivity contribution is -0.143. The Balaban J connectivity index is 2.92. The van der Waals surface area contributed by atoms with E-state index in [1.54, 1.807) is 0 Å². The summed E-state index contributed by atoms with van der Waals surface area (Å²) in [5, 5.41) is 27.2. The Labute approximate surface area is 86.4 Å². The Kier molecular flexibility index (Phi) is 3.31. The molecule has 1 aliphatic heterocycles. The lowest BCUT2D eigenvalue weighted by Crippen LogP contribution is -2.42. The molecular weight excluding hydrogens is 202 g/mol. The predicted molar refractivity (Wildman–Crippen MR) is 50.5 cm³/mol. The van der Waals surface area contributed by atoms with E-state index in [-0.39, 0.29) is 13.0 Å². The Morgan fingerprint density at radius 1 is 1.47 bits per heavy atom. The molecule has 0 spiro atoms. The van der Waals surface area contributed by atoms with Crippen LogP contribution in [0.4, 0.5) is 4.79 Å². The molecule has 0 saturated carbocycles. The fraction of sp³-hybridized carbons (Fsp3) is 0.556. The standard InChI is InChI=1S/C9H13NO5/c1-2-3-5-6(11)4-10(9(14)15)7(5)8(12)13/h2,5-7,11H,1,3-4H2,(H,12,13)(H,14,15)/t5?,6?,7-/m1/s1. The molecule has 1 rings (SSSR count). The topological polar surface area (TPSA) is 98.1 Å². The molecule has 1 aliphatic rings. The van der Waals surface area contributed by atoms with Crippen LogP contribution in [-0.2, 0) is 4.79 Å². The molecule has 0 aromatic heterocycles. The number of hydrogen-bond acceptors (Lipinski definition) is 3. The van der Waals surface area contributed by atoms with Gasteiger partial charge in [-0.3, -0.25) is 4.90 Å². The Bertz CT molecular complexity index is 290. The SMILES string of the molecule is C=CCC1C(O)CN(C(=O)O)[C@H]1C(=O)O. The molecule has 15 heavy (non-hydrogen) atoms. The van der Waals surface area contributed by atoms with E-state index < -0.39 is 30.1 Å². The van der Waals surface area contributed by atoms with Crippen molar-refractivity contribution in [1.29, 1.82) is 0 Å². The van der Waals surface area contributed by atoms with Crippen molar-refractivity contribution in [3.63, 3.8) is 0 Å². The molecule has 1 heterocycles. The highest BCUT2D eigenvalue weighted by Gasteiger charge is 2.46. The molecule has 6 nitrogen and oxygen atoms in total. The molecule has 1 saturated heterocycles. The second-order valence-electron chi connectivity index (χ2n) is 3.47. The van der Waals surface area contributed by atoms with Crippen LogP contribution in [0.3, 0.4) is 0 Å². The first-order chi connectivity index (χ1) is 6.99. The van der Waals surface area contributed by atoms with Gasteiger partial charge in [-0.25, -0.2) is 9.59 Å². The smallest absolute Gasteiger partial charge is 0.408 e. The van der Waals surface area contributed by atoms with E-state index in [1.807, 2.05) is 0 Å². The number of β-amino-alcohol motifs (C(OH)–C–C–N with tert-alkyl or cyclic N) is 1. The van der Waals surface area contributed by atoms with Gasteiger partial charge in [-0.05, 0) is 6.42 Å². The Morgan fingerprint density at radius 2 is 2.07 bits per heavy atom. The third-order valence-electron chi connectivity index (χ3n) is 2.56. The van der Waals surface area contributed by atoms with Crippen molar-refractivity contribution >= 4 is 12.1 Å². The van der Waals surface area contributed by atoms with E-state index in [0.29, 0.717) is 0 Å². The lowest BCUT2D eigenvalue weighted by atomic mass is 9.94. The first kappa shape index (κ1) is 11.5. The molecule has 3 N–H and O–H groups in total. The highest BCUT2D eigenvalue weighted by atomic mass is 16.4. The van der Waals surface area contributed by atoms with Gasteiger partial charge in [-0.1, -0.05) is 6.08 Å². The van der Waals surface area contributed by atoms with E-state index >= 15 is 0 Å². The summed E-state index contributed by atoms with van der Waals surface area (Å²) in [6.07, 6.45) is -0.509. The summed E-state index contributed by atoms with van der Waals surface area (Å²) < 4.78 is 0. The van der Waals surface area contributed by atoms with E-state index in [0.717, 1.165) is 4.90 Å². The molecule has 0 radical (unpaired) electrons. The van der Waals surface area contributed by atoms with Crippen molar-refractivity contribution in [3.05, 3.63) is 12.7 Å². The van der Waals surface area contributed by atoms with Crippen molar-refractivity contribution in [1.82, 2.24) is 4.90 Å². The van der Waals surface area contributed by atoms with Crippen molar-refractivity contribution in [2.45, 2.75) is 18.6 Å². The summed E-state index contributed by atoms with van der Waals surface area (Å²) in [6.45, 7) is 3.29. The van der Waals surface area contributed by atoms with Gasteiger partial charge in [-0.2, -0.15) is 0 Å². The zero-order chi connectivity index (χ0) is 11.6. The maximum absolute atomic E-state index is 10.9. The number of hydrogen-bond donors (Lipinski definition) is 3. The monoisotopic (exact) mass is 215 g/mol. The van der Waals surface area contributed by atoms with Crippen LogP contribution in [0.1, 0.15) is 6.42 Å². The third-order valence-corrected chi connectivity index (χ3v) is 2.56. The number of amides is 1. The number of aliphatic hydroxyl groups is 1. The van der Waals surface area contributed by atoms with Crippen LogP contribution >= 0.6 is 0 Å². The molecule has 0 aliphatic carbocycles. The van der Waals surface area contributed by atoms with E-state index in [1.165, 1.54) is 6.08 Å². The third kappa shape index (κ3) is 2.10. The summed E-state index contributed by atoms with van der Waals surface area (Å²) in [7, 11) is 0. The van der Waals surface area contributed by atoms with E-state index in [9.17, 15) is 14.7 Å². The Hall–Kier alpha value is -1.56. The van der Waals surface area contributed by atoms with Crippen molar-refractivity contribution in [3.8, 4) is 0 Å². The van der Waals surface area contributed by atoms with Gasteiger partial charge in [0.05, 0.1) is 12.6 Å². The quantitative estimate of drug-likeness (QED) is 0.575. The number of likely N-dealkylation sites (tertiary alicyclic amines) is 1. The highest BCUT2D eigenvalue weighted by molar-refractivity contribution is 5.80. The maximum atomic E-state index is 10.9. The molecule has 1 fully saturated rings. The molecular formula is C9H13NO5. The molecule has 2 unspecified atom stereocenters. The number of allylic oxidation sites excluding steroid dienone is 1. The lowest BCUT2D eigenvalue weighted by Gasteiger charge is -2.20. The van der Waals surface area contributed by atoms with Crippen LogP contribution in [-0.4, -0.2) is 51.0 Å². The van der Waals surface area contributed by atoms with Gasteiger partial charge < -0.3 is 15.3 Å². The van der Waals surface area contributed by atoms with Crippen LogP contribution in [0.25, 0.3) is 0 Å². The first-order valence-electron chi connectivity index (χ1n) is 4.50. The summed E-state index contributed by atoms with van der Waals surface area (Å²) in [5.74, 6) is -1.85. The minimum absolute atomic E-state index is 0.162. The normalized spacial score (nSPS) is 30.2. The molecule has 0 aromatic carbocycles. The van der Waals surface area contributed by atoms with Crippen LogP contribution in [0, 0.1) is 5.92 Å². The number of nitrogens with zero attached hydrogens (tertiary/aromatic N) is 1. The van der Waals surface area contributed by atoms with Crippen LogP contribution in [0.15, 0.2) is 12.7 Å². The first-order valence-corrected chi connectivity index (χ1v) is 4.50. The van der Waals surface area contributed by atoms with Gasteiger partial charge in [0.15, 0.2) is 0 Å². The largest absolute Gasteiger partial charge is 0.480 e. The van der Waals surface area contributed by atoms with Crippen LogP contribution < -0.4 is 0 Å². The summed E-state index contributed by atoms with van der Waals surface area (Å²) >= 11 is 0. The number of aliphatic carboxylic acids is 1. The average Bonchev–Trinajstić information content (AvgIpc) is 2.45. The highest BCUT2D eigenvalue weighted by Crippen LogP contribution is 2.28. The summed E-state index contributed by atoms with van der Waals surface area (Å²) in [6, 6.07) is -1.18. The number of carboxylic acid groups (broad SMARTS) is 2. The predicted octanol–water partition coefficient (Wildman–Crippen LogP) is -0.0136. The summed E-state index contributed by atoms with van der Waals surface area (Å²) in [5.41, 5.74) is 0. The minimum Gasteiger partial charge on any atom is -0.480 e. The zero-order valence-corrected chi connectivity index (χ0v) is 8.04. The number of rotatable bonds is 3. The molecule has 84 valence electrons. The molecule has 3 atom stereocenters. The van der Waals surface area contributed by atoms with Gasteiger partial charge in [0, 0.05) is 5.92 Å². The van der Waals surface area contributed by atoms with Gasteiger partial charge in [0.25, 0.3) is 0 Å². The van der Waals surface area contributed by atoms with Gasteiger partial charge in [-0.15, -0.1) is 6.58 Å². The molecule has 1 amide bonds. The van der Waals surface area contributed by atoms with Crippen LogP contribution in [0.5, 0.6) is 0 Å². The van der Waals surface area contributed by atoms with E-state index in [2.05, 4.69) is 6.58 Å². The molecule has 0 bridgehead atoms. The zero-order valence-electron chi connectivity index (χ0n) is 8.04. The van der Waals surface area contributed by atoms with Crippen LogP contribution in [0.2, 0.25) is 0 Å². The Morgan fingerprint density at radius 3 is 2.47 bits per heavy atom. The second kappa shape index (κ2) is 4.31. The number of carbonyl (C=O) groups is 2. The second-order valence-corrected chi connectivity index (χ2v) is 3.47. The number of aliphatic hydroxyl groups excluding tert-OH is 1. The average molecular weight is 215 g/mol. The van der Waals surface area contributed by atoms with Gasteiger partial charge in [0.2, 0.25) is 0 Å². The van der Waals surface area contributed by atoms with Gasteiger partial charge in [0.1, 0.15) is 6.04 Å². The molecule has 0 aromatic rings. The maximum Gasteiger partial charge on any atom is 0.408 e. The molecule has 6 heteroatoms. The fourth-order valence-corrected chi connectivity index (χ4v) is 1.88. The minimum atomic E-state index is -1.33. The fourth-order valence-electron chi connectivity index (χ4n) is 1.88. The summed E-state index contributed by atoms with van der Waals surface area (Å²) in [4.78, 5) is 22.4. The van der Waals surface area contributed by atoms with E-state index in [4.69, 9.17) is 10.2 Å². The van der Waals surface area contributed by atoms with Crippen molar-refractivity contribution in [2.24, 2.45) is 5.92 Å². The van der Waals surface area contributed by atoms with Crippen molar-refractivity contribution in [2.75, 3.05) is 6.54 Å². The number of carboxylic acids is 1. The van der Waals surface area contributed by atoms with Gasteiger partial charge >= 0.3 is 12.1 Å².